The molecular weight excluding hydrogens is 1000 g/mol. The lowest BCUT2D eigenvalue weighted by atomic mass is 10.0. The Morgan fingerprint density at radius 3 is 0.732 bits per heavy atom. The fourth-order valence-corrected chi connectivity index (χ4v) is 10.6. The number of esters is 2. The van der Waals surface area contributed by atoms with E-state index >= 15 is 0 Å². The van der Waals surface area contributed by atoms with Crippen molar-refractivity contribution >= 4 is 11.9 Å². The second kappa shape index (κ2) is 72.1. The number of unbranched alkanes of at least 4 members (excludes halogenated alkanes) is 42. The minimum Gasteiger partial charge on any atom is -0.462 e. The van der Waals surface area contributed by atoms with Gasteiger partial charge in [0.1, 0.15) is 6.61 Å². The first-order valence-electron chi connectivity index (χ1n) is 35.8. The highest BCUT2D eigenvalue weighted by molar-refractivity contribution is 5.70. The molecule has 1 N–H and O–H groups in total. The summed E-state index contributed by atoms with van der Waals surface area (Å²) < 4.78 is 10.8. The fourth-order valence-electron chi connectivity index (χ4n) is 10.6. The van der Waals surface area contributed by atoms with Crippen LogP contribution in [0.25, 0.3) is 0 Å². The molecule has 0 aromatic heterocycles. The molecule has 0 aliphatic carbocycles. The van der Waals surface area contributed by atoms with Crippen LogP contribution in [0.2, 0.25) is 0 Å². The van der Waals surface area contributed by atoms with Crippen LogP contribution in [0, 0.1) is 0 Å². The predicted octanol–water partition coefficient (Wildman–Crippen LogP) is 25.0. The van der Waals surface area contributed by atoms with Gasteiger partial charge in [0, 0.05) is 12.8 Å². The number of carbonyl (C=O) groups excluding carboxylic acids is 2. The van der Waals surface area contributed by atoms with E-state index in [9.17, 15) is 14.7 Å². The molecule has 474 valence electrons. The molecule has 0 bridgehead atoms. The SMILES string of the molecule is CC/C=C\C/C=C\C/C=C\C/C=C\CCCCCCCCCCCCCCCCCCCCCCCCCCCCC(=O)OC(CO)COC(=O)CCCCCCCCCCCCCCCCCC/C=C\C/C=C\C/C=C\C/C=C\CC. The molecule has 0 aromatic carbocycles. The summed E-state index contributed by atoms with van der Waals surface area (Å²) in [5.41, 5.74) is 0. The first-order chi connectivity index (χ1) is 40.6. The van der Waals surface area contributed by atoms with E-state index in [0.717, 1.165) is 89.9 Å². The maximum Gasteiger partial charge on any atom is 0.306 e. The van der Waals surface area contributed by atoms with Crippen LogP contribution in [0.1, 0.15) is 361 Å². The smallest absolute Gasteiger partial charge is 0.306 e. The third-order valence-corrected chi connectivity index (χ3v) is 15.9. The molecule has 0 saturated heterocycles. The average Bonchev–Trinajstić information content (AvgIpc) is 3.49. The lowest BCUT2D eigenvalue weighted by molar-refractivity contribution is -0.161. The van der Waals surface area contributed by atoms with E-state index in [1.807, 2.05) is 0 Å². The summed E-state index contributed by atoms with van der Waals surface area (Å²) in [6.45, 7) is 3.96. The molecule has 0 aliphatic heterocycles. The van der Waals surface area contributed by atoms with Crippen molar-refractivity contribution in [2.75, 3.05) is 13.2 Å². The fraction of sp³-hybridized carbons (Fsp3) is 0.766. The molecular formula is C77H136O5. The molecule has 0 spiro atoms. The van der Waals surface area contributed by atoms with Crippen LogP contribution in [-0.4, -0.2) is 36.4 Å². The Morgan fingerprint density at radius 1 is 0.280 bits per heavy atom. The van der Waals surface area contributed by atoms with Crippen LogP contribution in [0.4, 0.5) is 0 Å². The highest BCUT2D eigenvalue weighted by atomic mass is 16.6. The highest BCUT2D eigenvalue weighted by Gasteiger charge is 2.16. The summed E-state index contributed by atoms with van der Waals surface area (Å²) in [5, 5.41) is 9.71. The number of aliphatic hydroxyl groups excluding tert-OH is 1. The normalized spacial score (nSPS) is 12.8. The van der Waals surface area contributed by atoms with E-state index in [4.69, 9.17) is 9.47 Å². The van der Waals surface area contributed by atoms with Gasteiger partial charge in [0.2, 0.25) is 0 Å². The van der Waals surface area contributed by atoms with Gasteiger partial charge in [0.05, 0.1) is 6.61 Å². The van der Waals surface area contributed by atoms with Gasteiger partial charge >= 0.3 is 11.9 Å². The minimum absolute atomic E-state index is 0.0638. The Morgan fingerprint density at radius 2 is 0.488 bits per heavy atom. The molecule has 0 radical (unpaired) electrons. The molecule has 82 heavy (non-hydrogen) atoms. The number of hydrogen-bond donors (Lipinski definition) is 1. The van der Waals surface area contributed by atoms with Crippen LogP contribution in [0.5, 0.6) is 0 Å². The summed E-state index contributed by atoms with van der Waals surface area (Å²) in [6.07, 6.45) is 103. The van der Waals surface area contributed by atoms with Crippen molar-refractivity contribution in [1.82, 2.24) is 0 Å². The summed E-state index contributed by atoms with van der Waals surface area (Å²) in [6, 6.07) is 0. The number of ether oxygens (including phenoxy) is 2. The third kappa shape index (κ3) is 69.3. The molecule has 0 heterocycles. The van der Waals surface area contributed by atoms with Gasteiger partial charge in [-0.15, -0.1) is 0 Å². The van der Waals surface area contributed by atoms with Crippen molar-refractivity contribution in [3.05, 3.63) is 97.2 Å². The van der Waals surface area contributed by atoms with Crippen LogP contribution in [-0.2, 0) is 19.1 Å². The van der Waals surface area contributed by atoms with Crippen molar-refractivity contribution in [3.63, 3.8) is 0 Å². The zero-order valence-electron chi connectivity index (χ0n) is 54.5. The molecule has 1 unspecified atom stereocenters. The Balaban J connectivity index is 3.40. The highest BCUT2D eigenvalue weighted by Crippen LogP contribution is 2.19. The summed E-state index contributed by atoms with van der Waals surface area (Å²) in [7, 11) is 0. The Kier molecular flexibility index (Phi) is 69.3. The van der Waals surface area contributed by atoms with Crippen LogP contribution < -0.4 is 0 Å². The van der Waals surface area contributed by atoms with Gasteiger partial charge in [-0.1, -0.05) is 355 Å². The van der Waals surface area contributed by atoms with E-state index in [1.165, 1.54) is 244 Å². The van der Waals surface area contributed by atoms with Crippen LogP contribution >= 0.6 is 0 Å². The summed E-state index contributed by atoms with van der Waals surface area (Å²) in [5.74, 6) is -0.574. The Hall–Kier alpha value is -3.18. The monoisotopic (exact) mass is 1140 g/mol. The molecule has 0 fully saturated rings. The van der Waals surface area contributed by atoms with Gasteiger partial charge in [-0.05, 0) is 89.9 Å². The summed E-state index contributed by atoms with van der Waals surface area (Å²) >= 11 is 0. The maximum atomic E-state index is 12.4. The zero-order valence-corrected chi connectivity index (χ0v) is 54.5. The number of allylic oxidation sites excluding steroid dienone is 16. The minimum atomic E-state index is -0.774. The standard InChI is InChI=1S/C77H136O5/c1-3-5-7-9-11-13-15-17-19-21-23-25-27-29-31-33-34-35-36-37-38-39-40-41-42-44-46-48-50-52-54-56-58-60-62-64-66-68-70-72-77(80)82-75(73-78)74-81-76(79)71-69-67-65-63-61-59-57-55-53-51-49-47-45-43-32-30-28-26-24-22-20-18-16-14-12-10-8-6-4-2/h5-8,11-14,17-20,23-26,75,78H,3-4,9-10,15-16,21-22,27-74H2,1-2H3/b7-5-,8-6-,13-11-,14-12-,19-17-,20-18-,25-23-,26-24-. The first kappa shape index (κ1) is 78.8. The number of carbonyl (C=O) groups is 2. The maximum absolute atomic E-state index is 12.4. The van der Waals surface area contributed by atoms with Gasteiger partial charge in [0.15, 0.2) is 6.10 Å². The van der Waals surface area contributed by atoms with E-state index < -0.39 is 6.10 Å². The van der Waals surface area contributed by atoms with E-state index in [1.54, 1.807) is 0 Å². The van der Waals surface area contributed by atoms with Crippen molar-refractivity contribution in [2.45, 2.75) is 367 Å². The molecule has 0 rings (SSSR count). The quantitative estimate of drug-likeness (QED) is 0.0373. The van der Waals surface area contributed by atoms with Gasteiger partial charge in [-0.2, -0.15) is 0 Å². The van der Waals surface area contributed by atoms with Crippen LogP contribution in [0.15, 0.2) is 97.2 Å². The Bertz CT molecular complexity index is 1530. The second-order valence-corrected chi connectivity index (χ2v) is 23.9. The van der Waals surface area contributed by atoms with Crippen LogP contribution in [0.3, 0.4) is 0 Å². The van der Waals surface area contributed by atoms with Crippen molar-refractivity contribution in [2.24, 2.45) is 0 Å². The first-order valence-corrected chi connectivity index (χ1v) is 35.8. The largest absolute Gasteiger partial charge is 0.462 e. The predicted molar refractivity (Wildman–Crippen MR) is 362 cm³/mol. The zero-order chi connectivity index (χ0) is 59.1. The molecule has 5 heteroatoms. The van der Waals surface area contributed by atoms with Crippen molar-refractivity contribution in [1.29, 1.82) is 0 Å². The lowest BCUT2D eigenvalue weighted by Gasteiger charge is -2.15. The lowest BCUT2D eigenvalue weighted by Crippen LogP contribution is -2.28. The number of aliphatic hydroxyl groups is 1. The Labute approximate surface area is 510 Å². The molecule has 1 atom stereocenters. The summed E-state index contributed by atoms with van der Waals surface area (Å²) in [4.78, 5) is 24.7. The topological polar surface area (TPSA) is 72.8 Å². The van der Waals surface area contributed by atoms with Gasteiger partial charge < -0.3 is 14.6 Å². The van der Waals surface area contributed by atoms with Gasteiger partial charge in [0.25, 0.3) is 0 Å². The molecule has 0 aliphatic rings. The van der Waals surface area contributed by atoms with Crippen molar-refractivity contribution in [3.8, 4) is 0 Å². The van der Waals surface area contributed by atoms with Gasteiger partial charge in [-0.3, -0.25) is 9.59 Å². The number of rotatable bonds is 66. The third-order valence-electron chi connectivity index (χ3n) is 15.9. The van der Waals surface area contributed by atoms with Gasteiger partial charge in [-0.25, -0.2) is 0 Å². The second-order valence-electron chi connectivity index (χ2n) is 23.9. The molecule has 0 saturated carbocycles. The number of hydrogen-bond acceptors (Lipinski definition) is 5. The molecule has 0 amide bonds. The van der Waals surface area contributed by atoms with E-state index in [-0.39, 0.29) is 25.2 Å². The molecule has 5 nitrogen and oxygen atoms in total. The van der Waals surface area contributed by atoms with E-state index in [2.05, 4.69) is 111 Å². The molecule has 0 aromatic rings. The van der Waals surface area contributed by atoms with Crippen molar-refractivity contribution < 1.29 is 24.2 Å². The average molecular weight is 1140 g/mol. The van der Waals surface area contributed by atoms with E-state index in [0.29, 0.717) is 12.8 Å².